The molecule has 0 aliphatic carbocycles. The van der Waals surface area contributed by atoms with Crippen LogP contribution >= 0.6 is 0 Å². The fraction of sp³-hybridized carbons (Fsp3) is 0.0909. The normalized spacial score (nSPS) is 10.9. The number of aliphatic carboxylic acids is 1. The average molecular weight is 438 g/mol. The van der Waals surface area contributed by atoms with Gasteiger partial charge in [-0.1, -0.05) is 0 Å². The summed E-state index contributed by atoms with van der Waals surface area (Å²) in [6.45, 7) is 1.60. The molecule has 0 bridgehead atoms. The number of carbonyl (C=O) groups is 1. The first kappa shape index (κ1) is 18.3. The number of hydrogen-bond donors (Lipinski definition) is 1. The number of hydrogen-bond acceptors (Lipinski definition) is 3. The van der Waals surface area contributed by atoms with E-state index in [1.807, 2.05) is 46.9 Å². The third-order valence-corrected chi connectivity index (χ3v) is 6.83. The molecule has 3 aromatic carbocycles. The van der Waals surface area contributed by atoms with Gasteiger partial charge in [0.05, 0.1) is 0 Å². The Morgan fingerprint density at radius 3 is 2.61 bits per heavy atom. The molecule has 0 saturated carbocycles. The quantitative estimate of drug-likeness (QED) is 0.485. The van der Waals surface area contributed by atoms with Gasteiger partial charge in [0.2, 0.25) is 0 Å². The molecule has 28 heavy (non-hydrogen) atoms. The molecule has 0 spiro atoms. The summed E-state index contributed by atoms with van der Waals surface area (Å²) in [6.07, 6.45) is 0. The molecule has 4 rings (SSSR count). The van der Waals surface area contributed by atoms with Gasteiger partial charge in [-0.25, -0.2) is 0 Å². The van der Waals surface area contributed by atoms with Gasteiger partial charge in [0, 0.05) is 0 Å². The molecule has 0 saturated heterocycles. The van der Waals surface area contributed by atoms with Crippen molar-refractivity contribution in [3.05, 3.63) is 82.6 Å². The number of rotatable bonds is 5. The molecule has 0 atom stereocenters. The van der Waals surface area contributed by atoms with E-state index in [1.165, 1.54) is 0 Å². The Bertz CT molecular complexity index is 1220. The summed E-state index contributed by atoms with van der Waals surface area (Å²) in [4.78, 5) is 23.8. The zero-order chi connectivity index (χ0) is 19.7. The van der Waals surface area contributed by atoms with Crippen LogP contribution < -0.4 is 10.3 Å². The van der Waals surface area contributed by atoms with Crippen LogP contribution in [-0.2, 0) is 4.79 Å². The summed E-state index contributed by atoms with van der Waals surface area (Å²) >= 11 is -0.183. The Morgan fingerprint density at radius 2 is 1.86 bits per heavy atom. The Morgan fingerprint density at radius 1 is 1.07 bits per heavy atom. The van der Waals surface area contributed by atoms with Gasteiger partial charge in [0.25, 0.3) is 0 Å². The standard InChI is InChI=1S/C22H17NO4Se/c1-14-17(15-6-3-2-4-7-15)8-5-9-19(14)23-22(26)18-12-16(27-13-21(24)25)10-11-20(18)28-23/h2-12H,13H2,1H3,(H,24,25). The fourth-order valence-electron chi connectivity index (χ4n) is 3.17. The van der Waals surface area contributed by atoms with E-state index >= 15 is 0 Å². The fourth-order valence-corrected chi connectivity index (χ4v) is 5.37. The van der Waals surface area contributed by atoms with Crippen molar-refractivity contribution in [1.29, 1.82) is 0 Å². The Balaban J connectivity index is 1.81. The summed E-state index contributed by atoms with van der Waals surface area (Å²) in [5, 5.41) is 9.34. The van der Waals surface area contributed by atoms with Crippen LogP contribution in [0.2, 0.25) is 0 Å². The van der Waals surface area contributed by atoms with Gasteiger partial charge in [-0.15, -0.1) is 0 Å². The van der Waals surface area contributed by atoms with Crippen LogP contribution in [0.25, 0.3) is 26.5 Å². The molecule has 0 aliphatic rings. The summed E-state index contributed by atoms with van der Waals surface area (Å²) in [5.74, 6) is -0.659. The third-order valence-electron chi connectivity index (χ3n) is 4.53. The van der Waals surface area contributed by atoms with Crippen LogP contribution in [0.4, 0.5) is 0 Å². The molecule has 6 heteroatoms. The Kier molecular flexibility index (Phi) is 4.90. The zero-order valence-electron chi connectivity index (χ0n) is 15.1. The molecule has 140 valence electrons. The van der Waals surface area contributed by atoms with E-state index in [0.717, 1.165) is 26.6 Å². The molecule has 0 fully saturated rings. The number of carboxylic acid groups (broad SMARTS) is 1. The number of carboxylic acids is 1. The van der Waals surface area contributed by atoms with Crippen LogP contribution in [0, 0.1) is 6.92 Å². The van der Waals surface area contributed by atoms with Crippen molar-refractivity contribution >= 4 is 30.3 Å². The van der Waals surface area contributed by atoms with Gasteiger partial charge in [-0.2, -0.15) is 0 Å². The summed E-state index contributed by atoms with van der Waals surface area (Å²) in [7, 11) is 0. The predicted molar refractivity (Wildman–Crippen MR) is 110 cm³/mol. The monoisotopic (exact) mass is 439 g/mol. The predicted octanol–water partition coefficient (Wildman–Crippen LogP) is 3.49. The molecular formula is C22H17NO4Se. The van der Waals surface area contributed by atoms with Crippen LogP contribution in [0.15, 0.2) is 71.5 Å². The van der Waals surface area contributed by atoms with Crippen molar-refractivity contribution in [2.75, 3.05) is 6.61 Å². The van der Waals surface area contributed by atoms with E-state index in [-0.39, 0.29) is 20.3 Å². The van der Waals surface area contributed by atoms with E-state index in [0.29, 0.717) is 11.1 Å². The maximum atomic E-state index is 13.1. The summed E-state index contributed by atoms with van der Waals surface area (Å²) in [6, 6.07) is 21.3. The zero-order valence-corrected chi connectivity index (χ0v) is 16.8. The maximum absolute atomic E-state index is 13.1. The molecule has 4 aromatic rings. The minimum absolute atomic E-state index is 0.0795. The van der Waals surface area contributed by atoms with Crippen molar-refractivity contribution < 1.29 is 14.6 Å². The summed E-state index contributed by atoms with van der Waals surface area (Å²) in [5.41, 5.74) is 4.09. The van der Waals surface area contributed by atoms with Crippen molar-refractivity contribution in [2.45, 2.75) is 6.92 Å². The SMILES string of the molecule is Cc1c(-c2ccccc2)cccc1-n1[se]c2ccc(OCC(=O)O)cc2c1=O. The van der Waals surface area contributed by atoms with E-state index in [2.05, 4.69) is 18.2 Å². The van der Waals surface area contributed by atoms with Gasteiger partial charge in [-0.3, -0.25) is 0 Å². The second-order valence-electron chi connectivity index (χ2n) is 6.35. The number of nitrogens with zero attached hydrogens (tertiary/aromatic N) is 1. The third kappa shape index (κ3) is 3.40. The molecular weight excluding hydrogens is 421 g/mol. The van der Waals surface area contributed by atoms with Crippen LogP contribution in [0.3, 0.4) is 0 Å². The summed E-state index contributed by atoms with van der Waals surface area (Å²) < 4.78 is 8.00. The molecule has 1 heterocycles. The minimum atomic E-state index is -1.05. The molecule has 1 aromatic heterocycles. The van der Waals surface area contributed by atoms with Crippen molar-refractivity contribution in [3.63, 3.8) is 0 Å². The van der Waals surface area contributed by atoms with Crippen LogP contribution in [0.5, 0.6) is 5.75 Å². The van der Waals surface area contributed by atoms with Gasteiger partial charge in [0.1, 0.15) is 0 Å². The number of ether oxygens (including phenoxy) is 1. The second kappa shape index (κ2) is 7.50. The molecule has 1 N–H and O–H groups in total. The van der Waals surface area contributed by atoms with E-state index in [4.69, 9.17) is 9.84 Å². The molecule has 0 aliphatic heterocycles. The number of fused-ring (bicyclic) bond motifs is 1. The van der Waals surface area contributed by atoms with E-state index in [9.17, 15) is 9.59 Å². The Hall–Kier alpha value is -3.08. The van der Waals surface area contributed by atoms with Gasteiger partial charge < -0.3 is 0 Å². The second-order valence-corrected chi connectivity index (χ2v) is 8.42. The molecule has 0 unspecified atom stereocenters. The van der Waals surface area contributed by atoms with Gasteiger partial charge >= 0.3 is 167 Å². The van der Waals surface area contributed by atoms with Crippen molar-refractivity contribution in [2.24, 2.45) is 0 Å². The molecule has 0 radical (unpaired) electrons. The number of aromatic nitrogens is 1. The first-order chi connectivity index (χ1) is 13.5. The van der Waals surface area contributed by atoms with Crippen LogP contribution in [0.1, 0.15) is 5.56 Å². The van der Waals surface area contributed by atoms with E-state index < -0.39 is 12.6 Å². The first-order valence-corrected chi connectivity index (χ1v) is 10.3. The first-order valence-electron chi connectivity index (χ1n) is 8.70. The Labute approximate surface area is 167 Å². The van der Waals surface area contributed by atoms with Crippen molar-refractivity contribution in [3.8, 4) is 22.6 Å². The molecule has 0 amide bonds. The molecule has 5 nitrogen and oxygen atoms in total. The van der Waals surface area contributed by atoms with Crippen molar-refractivity contribution in [1.82, 2.24) is 3.56 Å². The van der Waals surface area contributed by atoms with Gasteiger partial charge in [0.15, 0.2) is 0 Å². The average Bonchev–Trinajstić information content (AvgIpc) is 3.03. The number of benzene rings is 3. The van der Waals surface area contributed by atoms with Crippen LogP contribution in [-0.4, -0.2) is 36.0 Å². The topological polar surface area (TPSA) is 68.5 Å². The van der Waals surface area contributed by atoms with Gasteiger partial charge in [-0.05, 0) is 0 Å². The van der Waals surface area contributed by atoms with E-state index in [1.54, 1.807) is 12.1 Å².